The van der Waals surface area contributed by atoms with Crippen molar-refractivity contribution in [1.29, 1.82) is 0 Å². The van der Waals surface area contributed by atoms with Gasteiger partial charge in [-0.15, -0.1) is 0 Å². The van der Waals surface area contributed by atoms with Crippen LogP contribution in [0.15, 0.2) is 18.5 Å². The maximum absolute atomic E-state index is 12.3. The number of pyridine rings is 1. The van der Waals surface area contributed by atoms with Crippen LogP contribution in [0.5, 0.6) is 0 Å². The highest BCUT2D eigenvalue weighted by atomic mass is 35.5. The third-order valence-electron chi connectivity index (χ3n) is 3.30. The number of carbonyl (C=O) groups excluding carboxylic acids is 1. The molecule has 1 atom stereocenters. The predicted molar refractivity (Wildman–Crippen MR) is 68.2 cm³/mol. The van der Waals surface area contributed by atoms with Crippen LogP contribution in [-0.4, -0.2) is 28.9 Å². The van der Waals surface area contributed by atoms with Crippen molar-refractivity contribution < 1.29 is 4.79 Å². The number of hydrogen-bond donors (Lipinski definition) is 0. The van der Waals surface area contributed by atoms with Crippen LogP contribution < -0.4 is 0 Å². The summed E-state index contributed by atoms with van der Waals surface area (Å²) in [4.78, 5) is 18.1. The van der Waals surface area contributed by atoms with E-state index in [1.54, 1.807) is 18.5 Å². The van der Waals surface area contributed by atoms with E-state index in [9.17, 15) is 4.79 Å². The summed E-state index contributed by atoms with van der Waals surface area (Å²) in [6.45, 7) is 3.89. The number of likely N-dealkylation sites (tertiary alicyclic amines) is 1. The van der Waals surface area contributed by atoms with Crippen molar-refractivity contribution in [3.8, 4) is 0 Å². The maximum Gasteiger partial charge on any atom is 0.256 e. The normalized spacial score (nSPS) is 21.1. The maximum atomic E-state index is 12.3. The highest BCUT2D eigenvalue weighted by Gasteiger charge is 2.21. The number of nitrogens with zero attached hydrogens (tertiary/aromatic N) is 2. The van der Waals surface area contributed by atoms with E-state index in [2.05, 4.69) is 11.9 Å². The lowest BCUT2D eigenvalue weighted by molar-refractivity contribution is 0.0760. The van der Waals surface area contributed by atoms with Crippen molar-refractivity contribution in [2.75, 3.05) is 13.1 Å². The number of halogens is 1. The summed E-state index contributed by atoms with van der Waals surface area (Å²) >= 11 is 6.02. The van der Waals surface area contributed by atoms with E-state index in [1.807, 2.05) is 4.90 Å². The molecule has 3 nitrogen and oxygen atoms in total. The second-order valence-corrected chi connectivity index (χ2v) is 5.09. The summed E-state index contributed by atoms with van der Waals surface area (Å²) in [6, 6.07) is 1.66. The molecule has 0 N–H and O–H groups in total. The SMILES string of the molecule is CC1CCCN(C(=O)c2cnccc2Cl)CC1. The molecule has 1 saturated heterocycles. The monoisotopic (exact) mass is 252 g/mol. The average molecular weight is 253 g/mol. The Labute approximate surface area is 107 Å². The molecule has 0 radical (unpaired) electrons. The van der Waals surface area contributed by atoms with Gasteiger partial charge in [0.1, 0.15) is 0 Å². The van der Waals surface area contributed by atoms with E-state index >= 15 is 0 Å². The smallest absolute Gasteiger partial charge is 0.256 e. The number of amides is 1. The van der Waals surface area contributed by atoms with Gasteiger partial charge in [0.25, 0.3) is 5.91 Å². The summed E-state index contributed by atoms with van der Waals surface area (Å²) in [7, 11) is 0. The van der Waals surface area contributed by atoms with Crippen LogP contribution in [0.25, 0.3) is 0 Å². The molecule has 0 spiro atoms. The van der Waals surface area contributed by atoms with E-state index in [0.717, 1.165) is 25.9 Å². The van der Waals surface area contributed by atoms with E-state index < -0.39 is 0 Å². The van der Waals surface area contributed by atoms with Crippen LogP contribution in [0.3, 0.4) is 0 Å². The highest BCUT2D eigenvalue weighted by molar-refractivity contribution is 6.33. The quantitative estimate of drug-likeness (QED) is 0.770. The summed E-state index contributed by atoms with van der Waals surface area (Å²) in [5.41, 5.74) is 0.517. The zero-order valence-electron chi connectivity index (χ0n) is 10.0. The molecule has 92 valence electrons. The van der Waals surface area contributed by atoms with Crippen molar-refractivity contribution in [2.24, 2.45) is 5.92 Å². The predicted octanol–water partition coefficient (Wildman–Crippen LogP) is 3.00. The van der Waals surface area contributed by atoms with Gasteiger partial charge in [-0.3, -0.25) is 9.78 Å². The zero-order valence-corrected chi connectivity index (χ0v) is 10.8. The van der Waals surface area contributed by atoms with Crippen LogP contribution >= 0.6 is 11.6 Å². The minimum atomic E-state index is 0.0113. The van der Waals surface area contributed by atoms with E-state index in [-0.39, 0.29) is 5.91 Å². The molecule has 0 aliphatic carbocycles. The van der Waals surface area contributed by atoms with Gasteiger partial charge in [0.05, 0.1) is 10.6 Å². The summed E-state index contributed by atoms with van der Waals surface area (Å²) in [5, 5.41) is 0.488. The first-order valence-corrected chi connectivity index (χ1v) is 6.45. The lowest BCUT2D eigenvalue weighted by atomic mass is 10.0. The van der Waals surface area contributed by atoms with Gasteiger partial charge >= 0.3 is 0 Å². The fraction of sp³-hybridized carbons (Fsp3) is 0.538. The molecule has 1 aliphatic heterocycles. The summed E-state index contributed by atoms with van der Waals surface area (Å²) < 4.78 is 0. The Bertz CT molecular complexity index is 408. The molecule has 1 fully saturated rings. The Morgan fingerprint density at radius 2 is 2.29 bits per heavy atom. The fourth-order valence-electron chi connectivity index (χ4n) is 2.17. The molecule has 0 saturated carbocycles. The van der Waals surface area contributed by atoms with Gasteiger partial charge in [-0.25, -0.2) is 0 Å². The first-order chi connectivity index (χ1) is 8.18. The van der Waals surface area contributed by atoms with Gasteiger partial charge < -0.3 is 4.90 Å². The van der Waals surface area contributed by atoms with Gasteiger partial charge in [-0.05, 0) is 31.2 Å². The van der Waals surface area contributed by atoms with E-state index in [1.165, 1.54) is 6.42 Å². The minimum Gasteiger partial charge on any atom is -0.339 e. The Hall–Kier alpha value is -1.09. The molecule has 2 rings (SSSR count). The third-order valence-corrected chi connectivity index (χ3v) is 3.63. The molecule has 1 aliphatic rings. The van der Waals surface area contributed by atoms with Gasteiger partial charge in [0, 0.05) is 25.5 Å². The lowest BCUT2D eigenvalue weighted by Crippen LogP contribution is -2.32. The molecule has 2 heterocycles. The van der Waals surface area contributed by atoms with Crippen molar-refractivity contribution in [1.82, 2.24) is 9.88 Å². The average Bonchev–Trinajstić information content (AvgIpc) is 2.54. The zero-order chi connectivity index (χ0) is 12.3. The largest absolute Gasteiger partial charge is 0.339 e. The molecular formula is C13H17ClN2O. The molecule has 1 aromatic rings. The molecule has 1 unspecified atom stereocenters. The standard InChI is InChI=1S/C13H17ClN2O/c1-10-3-2-7-16(8-5-10)13(17)11-9-15-6-4-12(11)14/h4,6,9-10H,2-3,5,7-8H2,1H3. The summed E-state index contributed by atoms with van der Waals surface area (Å²) in [6.07, 6.45) is 6.50. The van der Waals surface area contributed by atoms with Crippen LogP contribution in [0, 0.1) is 5.92 Å². The fourth-order valence-corrected chi connectivity index (χ4v) is 2.36. The van der Waals surface area contributed by atoms with Crippen LogP contribution in [0.4, 0.5) is 0 Å². The van der Waals surface area contributed by atoms with Crippen molar-refractivity contribution >= 4 is 17.5 Å². The topological polar surface area (TPSA) is 33.2 Å². The Kier molecular flexibility index (Phi) is 4.00. The van der Waals surface area contributed by atoms with E-state index in [0.29, 0.717) is 16.5 Å². The van der Waals surface area contributed by atoms with E-state index in [4.69, 9.17) is 11.6 Å². The second-order valence-electron chi connectivity index (χ2n) is 4.68. The number of rotatable bonds is 1. The van der Waals surface area contributed by atoms with Gasteiger partial charge in [-0.2, -0.15) is 0 Å². The molecule has 4 heteroatoms. The number of aromatic nitrogens is 1. The van der Waals surface area contributed by atoms with Gasteiger partial charge in [0.15, 0.2) is 0 Å². The van der Waals surface area contributed by atoms with Crippen molar-refractivity contribution in [2.45, 2.75) is 26.2 Å². The molecule has 17 heavy (non-hydrogen) atoms. The molecule has 0 bridgehead atoms. The first kappa shape index (κ1) is 12.4. The number of carbonyl (C=O) groups is 1. The molecule has 0 aromatic carbocycles. The number of hydrogen-bond acceptors (Lipinski definition) is 2. The molecule has 1 amide bonds. The molecular weight excluding hydrogens is 236 g/mol. The van der Waals surface area contributed by atoms with Crippen molar-refractivity contribution in [3.05, 3.63) is 29.0 Å². The van der Waals surface area contributed by atoms with Gasteiger partial charge in [0.2, 0.25) is 0 Å². The Morgan fingerprint density at radius 1 is 1.47 bits per heavy atom. The Balaban J connectivity index is 2.12. The van der Waals surface area contributed by atoms with Crippen molar-refractivity contribution in [3.63, 3.8) is 0 Å². The van der Waals surface area contributed by atoms with Crippen LogP contribution in [-0.2, 0) is 0 Å². The first-order valence-electron chi connectivity index (χ1n) is 6.07. The Morgan fingerprint density at radius 3 is 3.06 bits per heavy atom. The minimum absolute atomic E-state index is 0.0113. The highest BCUT2D eigenvalue weighted by Crippen LogP contribution is 2.20. The van der Waals surface area contributed by atoms with Gasteiger partial charge in [-0.1, -0.05) is 18.5 Å². The van der Waals surface area contributed by atoms with Crippen LogP contribution in [0.1, 0.15) is 36.5 Å². The third kappa shape index (κ3) is 2.97. The van der Waals surface area contributed by atoms with Crippen LogP contribution in [0.2, 0.25) is 5.02 Å². The summed E-state index contributed by atoms with van der Waals surface area (Å²) in [5.74, 6) is 0.717. The molecule has 1 aromatic heterocycles. The lowest BCUT2D eigenvalue weighted by Gasteiger charge is -2.20. The second kappa shape index (κ2) is 5.50.